The number of benzene rings is 2. The number of carbonyl (C=O) groups is 2. The zero-order chi connectivity index (χ0) is 36.1. The Hall–Kier alpha value is -4.66. The molecule has 0 radical (unpaired) electrons. The second-order valence-corrected chi connectivity index (χ2v) is 12.1. The third-order valence-electron chi connectivity index (χ3n) is 7.80. The molecule has 16 heteroatoms. The van der Waals surface area contributed by atoms with Gasteiger partial charge in [0.05, 0.1) is 23.7 Å². The lowest BCUT2D eigenvalue weighted by atomic mass is 10.0. The number of ether oxygens (including phenoxy) is 1. The van der Waals surface area contributed by atoms with Crippen LogP contribution in [0.25, 0.3) is 11.3 Å². The summed E-state index contributed by atoms with van der Waals surface area (Å²) in [5.41, 5.74) is -3.44. The predicted octanol–water partition coefficient (Wildman–Crippen LogP) is 8.20. The molecule has 0 fully saturated rings. The van der Waals surface area contributed by atoms with Crippen molar-refractivity contribution in [1.29, 1.82) is 0 Å². The van der Waals surface area contributed by atoms with Gasteiger partial charge in [-0.1, -0.05) is 41.9 Å². The van der Waals surface area contributed by atoms with Crippen LogP contribution < -0.4 is 5.32 Å². The van der Waals surface area contributed by atoms with Gasteiger partial charge in [0.15, 0.2) is 5.69 Å². The molecule has 1 atom stereocenters. The normalized spacial score (nSPS) is 12.8. The first-order valence-corrected chi connectivity index (χ1v) is 15.4. The molecule has 0 aliphatic carbocycles. The fourth-order valence-electron chi connectivity index (χ4n) is 4.87. The van der Waals surface area contributed by atoms with E-state index in [1.165, 1.54) is 29.4 Å². The van der Waals surface area contributed by atoms with Crippen molar-refractivity contribution in [1.82, 2.24) is 30.2 Å². The summed E-state index contributed by atoms with van der Waals surface area (Å²) in [5.74, 6) is -0.699. The van der Waals surface area contributed by atoms with E-state index in [1.807, 2.05) is 6.92 Å². The number of carbonyl (C=O) groups excluding carboxylic acids is 2. The standard InChI is InChI=1S/C33H33ClF6N6O3/c1-5-31(3,4)49-30(48)42-14-15-45(20(2)25-8-6-7-9-26(25)34)29(47)27-28(22-10-12-41-13-11-22)46(44-43-27)19-21-16-23(32(35,36)37)18-24(17-21)33(38,39)40/h6-13,16-18,20H,5,14-15,19H2,1-4H3,(H,42,48). The predicted molar refractivity (Wildman–Crippen MR) is 169 cm³/mol. The number of rotatable bonds is 11. The van der Waals surface area contributed by atoms with Crippen LogP contribution in [-0.4, -0.2) is 55.6 Å². The van der Waals surface area contributed by atoms with Gasteiger partial charge < -0.3 is 15.0 Å². The van der Waals surface area contributed by atoms with Crippen molar-refractivity contribution in [2.45, 2.75) is 64.7 Å². The molecule has 0 spiro atoms. The van der Waals surface area contributed by atoms with Crippen molar-refractivity contribution >= 4 is 23.6 Å². The van der Waals surface area contributed by atoms with E-state index in [0.717, 1.165) is 4.68 Å². The third kappa shape index (κ3) is 9.28. The van der Waals surface area contributed by atoms with Gasteiger partial charge in [-0.25, -0.2) is 9.48 Å². The summed E-state index contributed by atoms with van der Waals surface area (Å²) in [6, 6.07) is 10.3. The lowest BCUT2D eigenvalue weighted by Gasteiger charge is -2.30. The maximum absolute atomic E-state index is 14.4. The lowest BCUT2D eigenvalue weighted by Crippen LogP contribution is -2.42. The first kappa shape index (κ1) is 37.2. The highest BCUT2D eigenvalue weighted by atomic mass is 35.5. The summed E-state index contributed by atoms with van der Waals surface area (Å²) in [7, 11) is 0. The average molecular weight is 711 g/mol. The Balaban J connectivity index is 1.77. The molecular formula is C33H33ClF6N6O3. The van der Waals surface area contributed by atoms with Crippen molar-refractivity contribution in [2.24, 2.45) is 0 Å². The fourth-order valence-corrected chi connectivity index (χ4v) is 5.17. The van der Waals surface area contributed by atoms with Gasteiger partial charge in [-0.3, -0.25) is 9.78 Å². The number of hydrogen-bond acceptors (Lipinski definition) is 6. The summed E-state index contributed by atoms with van der Waals surface area (Å²) >= 11 is 6.47. The second kappa shape index (κ2) is 14.8. The molecule has 0 aliphatic rings. The van der Waals surface area contributed by atoms with Gasteiger partial charge >= 0.3 is 18.4 Å². The van der Waals surface area contributed by atoms with E-state index in [0.29, 0.717) is 34.7 Å². The van der Waals surface area contributed by atoms with Gasteiger partial charge in [0.25, 0.3) is 5.91 Å². The first-order chi connectivity index (χ1) is 22.9. The number of pyridine rings is 1. The summed E-state index contributed by atoms with van der Waals surface area (Å²) in [4.78, 5) is 32.2. The smallest absolute Gasteiger partial charge is 0.416 e. The maximum atomic E-state index is 14.4. The molecule has 262 valence electrons. The van der Waals surface area contributed by atoms with Gasteiger partial charge in [0.2, 0.25) is 0 Å². The van der Waals surface area contributed by atoms with Crippen molar-refractivity contribution < 1.29 is 40.7 Å². The van der Waals surface area contributed by atoms with E-state index in [4.69, 9.17) is 16.3 Å². The van der Waals surface area contributed by atoms with Crippen LogP contribution in [0.4, 0.5) is 31.1 Å². The Morgan fingerprint density at radius 1 is 0.980 bits per heavy atom. The van der Waals surface area contributed by atoms with E-state index >= 15 is 0 Å². The zero-order valence-corrected chi connectivity index (χ0v) is 27.6. The largest absolute Gasteiger partial charge is 0.444 e. The van der Waals surface area contributed by atoms with E-state index in [9.17, 15) is 35.9 Å². The Morgan fingerprint density at radius 3 is 2.16 bits per heavy atom. The van der Waals surface area contributed by atoms with Crippen LogP contribution >= 0.6 is 11.6 Å². The lowest BCUT2D eigenvalue weighted by molar-refractivity contribution is -0.143. The highest BCUT2D eigenvalue weighted by Crippen LogP contribution is 2.37. The van der Waals surface area contributed by atoms with Crippen LogP contribution in [0.15, 0.2) is 67.0 Å². The summed E-state index contributed by atoms with van der Waals surface area (Å²) in [6.45, 7) is 6.33. The van der Waals surface area contributed by atoms with Crippen LogP contribution in [0.3, 0.4) is 0 Å². The first-order valence-electron chi connectivity index (χ1n) is 15.1. The van der Waals surface area contributed by atoms with Crippen LogP contribution in [0.1, 0.15) is 72.9 Å². The number of nitrogens with zero attached hydrogens (tertiary/aromatic N) is 5. The molecule has 4 rings (SSSR count). The molecule has 2 heterocycles. The van der Waals surface area contributed by atoms with Gasteiger partial charge in [-0.2, -0.15) is 26.3 Å². The van der Waals surface area contributed by atoms with Crippen LogP contribution in [-0.2, 0) is 23.6 Å². The van der Waals surface area contributed by atoms with E-state index in [1.54, 1.807) is 45.0 Å². The number of aromatic nitrogens is 4. The minimum Gasteiger partial charge on any atom is -0.444 e. The molecule has 2 aromatic heterocycles. The number of halogens is 7. The number of amides is 2. The topological polar surface area (TPSA) is 102 Å². The molecule has 2 aromatic carbocycles. The number of alkyl halides is 6. The molecule has 4 aromatic rings. The van der Waals surface area contributed by atoms with Crippen molar-refractivity contribution in [3.8, 4) is 11.3 Å². The van der Waals surface area contributed by atoms with Crippen LogP contribution in [0, 0.1) is 0 Å². The molecular weight excluding hydrogens is 678 g/mol. The van der Waals surface area contributed by atoms with E-state index in [-0.39, 0.29) is 36.1 Å². The Labute approximate surface area is 283 Å². The van der Waals surface area contributed by atoms with Crippen LogP contribution in [0.5, 0.6) is 0 Å². The summed E-state index contributed by atoms with van der Waals surface area (Å²) in [6.07, 6.45) is -7.48. The molecule has 9 nitrogen and oxygen atoms in total. The summed E-state index contributed by atoms with van der Waals surface area (Å²) in [5, 5.41) is 11.1. The van der Waals surface area contributed by atoms with Gasteiger partial charge in [-0.15, -0.1) is 5.10 Å². The maximum Gasteiger partial charge on any atom is 0.416 e. The van der Waals surface area contributed by atoms with Crippen LogP contribution in [0.2, 0.25) is 5.02 Å². The van der Waals surface area contributed by atoms with Gasteiger partial charge in [0, 0.05) is 36.1 Å². The SMILES string of the molecule is CCC(C)(C)OC(=O)NCCN(C(=O)c1nnn(Cc2cc(C(F)(F)F)cc(C(F)(F)F)c2)c1-c1ccncc1)C(C)c1ccccc1Cl. The molecule has 1 N–H and O–H groups in total. The van der Waals surface area contributed by atoms with Gasteiger partial charge in [0.1, 0.15) is 11.3 Å². The molecule has 0 saturated carbocycles. The summed E-state index contributed by atoms with van der Waals surface area (Å²) < 4.78 is 88.1. The molecule has 0 bridgehead atoms. The molecule has 2 amide bonds. The Kier molecular flexibility index (Phi) is 11.3. The average Bonchev–Trinajstić information content (AvgIpc) is 3.45. The highest BCUT2D eigenvalue weighted by Gasteiger charge is 2.37. The minimum absolute atomic E-state index is 0.0202. The molecule has 0 aliphatic heterocycles. The van der Waals surface area contributed by atoms with Crippen molar-refractivity contribution in [2.75, 3.05) is 13.1 Å². The van der Waals surface area contributed by atoms with Crippen molar-refractivity contribution in [3.63, 3.8) is 0 Å². The zero-order valence-electron chi connectivity index (χ0n) is 26.9. The van der Waals surface area contributed by atoms with Crippen molar-refractivity contribution in [3.05, 3.63) is 100.0 Å². The monoisotopic (exact) mass is 710 g/mol. The van der Waals surface area contributed by atoms with E-state index in [2.05, 4.69) is 20.6 Å². The number of alkyl carbamates (subject to hydrolysis) is 1. The number of hydrogen-bond donors (Lipinski definition) is 1. The minimum atomic E-state index is -5.06. The highest BCUT2D eigenvalue weighted by molar-refractivity contribution is 6.31. The number of nitrogens with one attached hydrogen (secondary N) is 1. The molecule has 49 heavy (non-hydrogen) atoms. The second-order valence-electron chi connectivity index (χ2n) is 11.7. The quantitative estimate of drug-likeness (QED) is 0.158. The Bertz CT molecular complexity index is 1750. The molecule has 1 unspecified atom stereocenters. The van der Waals surface area contributed by atoms with E-state index < -0.39 is 53.7 Å². The molecule has 0 saturated heterocycles. The Morgan fingerprint density at radius 2 is 1.59 bits per heavy atom. The third-order valence-corrected chi connectivity index (χ3v) is 8.14. The fraction of sp³-hybridized carbons (Fsp3) is 0.364. The van der Waals surface area contributed by atoms with Gasteiger partial charge in [-0.05, 0) is 74.7 Å².